The number of nitrogens with zero attached hydrogens (tertiary/aromatic N) is 1. The van der Waals surface area contributed by atoms with E-state index in [-0.39, 0.29) is 12.0 Å². The third kappa shape index (κ3) is 5.03. The van der Waals surface area contributed by atoms with Crippen molar-refractivity contribution in [2.45, 2.75) is 19.1 Å². The van der Waals surface area contributed by atoms with Crippen LogP contribution in [0.2, 0.25) is 0 Å². The van der Waals surface area contributed by atoms with E-state index in [4.69, 9.17) is 14.2 Å². The molecule has 1 N–H and O–H groups in total. The molecule has 6 heteroatoms. The molecule has 6 nitrogen and oxygen atoms in total. The molecule has 1 amide bonds. The zero-order valence-corrected chi connectivity index (χ0v) is 18.4. The third-order valence-electron chi connectivity index (χ3n) is 5.31. The average Bonchev–Trinajstić information content (AvgIpc) is 2.81. The van der Waals surface area contributed by atoms with Crippen LogP contribution in [0.5, 0.6) is 17.2 Å². The van der Waals surface area contributed by atoms with Crippen molar-refractivity contribution in [2.75, 3.05) is 32.1 Å². The van der Waals surface area contributed by atoms with E-state index in [9.17, 15) is 4.79 Å². The summed E-state index contributed by atoms with van der Waals surface area (Å²) in [4.78, 5) is 15.5. The molecule has 1 aliphatic heterocycles. The van der Waals surface area contributed by atoms with Crippen LogP contribution >= 0.6 is 0 Å². The fourth-order valence-electron chi connectivity index (χ4n) is 3.87. The second-order valence-corrected chi connectivity index (χ2v) is 7.67. The number of hydrogen-bond acceptors (Lipinski definition) is 5. The van der Waals surface area contributed by atoms with E-state index in [0.29, 0.717) is 31.2 Å². The van der Waals surface area contributed by atoms with E-state index in [1.807, 2.05) is 97.7 Å². The standard InChI is InChI=1S/C26H28N2O4/c1-3-30-22-14-8-7-13-21(22)27-26(29)25(19-11-5-4-6-12-19)28(2)17-20-18-31-23-15-9-10-16-24(23)32-20/h4-16,20,25H,3,17-18H2,1-2H3,(H,27,29)/t20-,25+/m1/s1. The molecule has 0 aromatic heterocycles. The minimum absolute atomic E-state index is 0.136. The Morgan fingerprint density at radius 2 is 1.72 bits per heavy atom. The van der Waals surface area contributed by atoms with Crippen molar-refractivity contribution in [3.8, 4) is 17.2 Å². The van der Waals surface area contributed by atoms with E-state index >= 15 is 0 Å². The molecule has 1 heterocycles. The summed E-state index contributed by atoms with van der Waals surface area (Å²) < 4.78 is 17.6. The monoisotopic (exact) mass is 432 g/mol. The smallest absolute Gasteiger partial charge is 0.246 e. The summed E-state index contributed by atoms with van der Waals surface area (Å²) in [6.07, 6.45) is -0.190. The Hall–Kier alpha value is -3.51. The Morgan fingerprint density at radius 3 is 2.50 bits per heavy atom. The van der Waals surface area contributed by atoms with Gasteiger partial charge in [0, 0.05) is 6.54 Å². The number of anilines is 1. The average molecular weight is 433 g/mol. The fraction of sp³-hybridized carbons (Fsp3) is 0.269. The van der Waals surface area contributed by atoms with Crippen LogP contribution in [0.25, 0.3) is 0 Å². The van der Waals surface area contributed by atoms with Crippen LogP contribution in [-0.4, -0.2) is 43.7 Å². The molecule has 0 bridgehead atoms. The third-order valence-corrected chi connectivity index (χ3v) is 5.31. The maximum absolute atomic E-state index is 13.5. The lowest BCUT2D eigenvalue weighted by Gasteiger charge is -2.33. The number of rotatable bonds is 8. The minimum atomic E-state index is -0.508. The highest BCUT2D eigenvalue weighted by molar-refractivity contribution is 5.96. The van der Waals surface area contributed by atoms with Gasteiger partial charge in [-0.1, -0.05) is 54.6 Å². The summed E-state index contributed by atoms with van der Waals surface area (Å²) in [7, 11) is 1.93. The van der Waals surface area contributed by atoms with E-state index in [2.05, 4.69) is 5.32 Å². The topological polar surface area (TPSA) is 60.0 Å². The largest absolute Gasteiger partial charge is 0.492 e. The summed E-state index contributed by atoms with van der Waals surface area (Å²) in [6, 6.07) is 24.3. The summed E-state index contributed by atoms with van der Waals surface area (Å²) in [5.41, 5.74) is 1.55. The molecule has 0 fully saturated rings. The van der Waals surface area contributed by atoms with Crippen molar-refractivity contribution in [3.63, 3.8) is 0 Å². The highest BCUT2D eigenvalue weighted by atomic mass is 16.6. The van der Waals surface area contributed by atoms with Crippen molar-refractivity contribution in [3.05, 3.63) is 84.4 Å². The molecule has 0 unspecified atom stereocenters. The van der Waals surface area contributed by atoms with Crippen LogP contribution in [0.4, 0.5) is 5.69 Å². The molecule has 0 saturated carbocycles. The maximum atomic E-state index is 13.5. The molecule has 0 radical (unpaired) electrons. The van der Waals surface area contributed by atoms with Crippen molar-refractivity contribution in [1.29, 1.82) is 0 Å². The Balaban J connectivity index is 1.53. The normalized spacial score (nSPS) is 15.8. The van der Waals surface area contributed by atoms with Crippen LogP contribution in [0.3, 0.4) is 0 Å². The number of nitrogens with one attached hydrogen (secondary N) is 1. The molecule has 3 aromatic rings. The van der Waals surface area contributed by atoms with Gasteiger partial charge in [-0.2, -0.15) is 0 Å². The Labute approximate surface area is 188 Å². The second-order valence-electron chi connectivity index (χ2n) is 7.67. The fourth-order valence-corrected chi connectivity index (χ4v) is 3.87. The quantitative estimate of drug-likeness (QED) is 0.566. The van der Waals surface area contributed by atoms with Gasteiger partial charge in [0.25, 0.3) is 0 Å². The lowest BCUT2D eigenvalue weighted by Crippen LogP contribution is -2.43. The van der Waals surface area contributed by atoms with Crippen LogP contribution in [0.1, 0.15) is 18.5 Å². The van der Waals surface area contributed by atoms with Crippen LogP contribution in [0.15, 0.2) is 78.9 Å². The van der Waals surface area contributed by atoms with Gasteiger partial charge in [-0.05, 0) is 43.8 Å². The molecule has 0 saturated heterocycles. The van der Waals surface area contributed by atoms with Gasteiger partial charge in [0.2, 0.25) is 5.91 Å². The first-order valence-electron chi connectivity index (χ1n) is 10.8. The predicted molar refractivity (Wildman–Crippen MR) is 124 cm³/mol. The first-order chi connectivity index (χ1) is 15.7. The minimum Gasteiger partial charge on any atom is -0.492 e. The number of carbonyl (C=O) groups is 1. The number of benzene rings is 3. The second kappa shape index (κ2) is 10.2. The Morgan fingerprint density at radius 1 is 1.03 bits per heavy atom. The van der Waals surface area contributed by atoms with Gasteiger partial charge >= 0.3 is 0 Å². The maximum Gasteiger partial charge on any atom is 0.246 e. The lowest BCUT2D eigenvalue weighted by atomic mass is 10.0. The van der Waals surface area contributed by atoms with E-state index in [0.717, 1.165) is 17.1 Å². The van der Waals surface area contributed by atoms with Gasteiger partial charge in [0.15, 0.2) is 11.5 Å². The summed E-state index contributed by atoms with van der Waals surface area (Å²) in [6.45, 7) is 3.39. The van der Waals surface area contributed by atoms with Crippen LogP contribution in [0, 0.1) is 0 Å². The van der Waals surface area contributed by atoms with Gasteiger partial charge in [-0.15, -0.1) is 0 Å². The van der Waals surface area contributed by atoms with Crippen molar-refractivity contribution < 1.29 is 19.0 Å². The van der Waals surface area contributed by atoms with Crippen LogP contribution < -0.4 is 19.5 Å². The first kappa shape index (κ1) is 21.7. The SMILES string of the molecule is CCOc1ccccc1NC(=O)[C@H](c1ccccc1)N(C)C[C@@H]1COc2ccccc2O1. The first-order valence-corrected chi connectivity index (χ1v) is 10.8. The van der Waals surface area contributed by atoms with E-state index in [1.54, 1.807) is 0 Å². The molecule has 32 heavy (non-hydrogen) atoms. The lowest BCUT2D eigenvalue weighted by molar-refractivity contribution is -0.121. The molecule has 1 aliphatic rings. The predicted octanol–water partition coefficient (Wildman–Crippen LogP) is 4.54. The molecule has 0 aliphatic carbocycles. The Kier molecular flexibility index (Phi) is 6.92. The number of fused-ring (bicyclic) bond motifs is 1. The summed E-state index contributed by atoms with van der Waals surface area (Å²) in [5.74, 6) is 1.99. The Bertz CT molecular complexity index is 1040. The van der Waals surface area contributed by atoms with Crippen molar-refractivity contribution in [1.82, 2.24) is 4.90 Å². The highest BCUT2D eigenvalue weighted by Crippen LogP contribution is 2.32. The van der Waals surface area contributed by atoms with Crippen LogP contribution in [-0.2, 0) is 4.79 Å². The molecule has 0 spiro atoms. The molecular formula is C26H28N2O4. The van der Waals surface area contributed by atoms with Gasteiger partial charge in [0.05, 0.1) is 12.3 Å². The molecule has 4 rings (SSSR count). The number of hydrogen-bond donors (Lipinski definition) is 1. The number of amides is 1. The molecule has 3 aromatic carbocycles. The van der Waals surface area contributed by atoms with Gasteiger partial charge in [0.1, 0.15) is 24.5 Å². The zero-order valence-electron chi connectivity index (χ0n) is 18.4. The van der Waals surface area contributed by atoms with Gasteiger partial charge in [-0.25, -0.2) is 0 Å². The molecular weight excluding hydrogens is 404 g/mol. The van der Waals surface area contributed by atoms with Crippen molar-refractivity contribution in [2.24, 2.45) is 0 Å². The van der Waals surface area contributed by atoms with Gasteiger partial charge in [-0.3, -0.25) is 9.69 Å². The van der Waals surface area contributed by atoms with Gasteiger partial charge < -0.3 is 19.5 Å². The molecule has 2 atom stereocenters. The van der Waals surface area contributed by atoms with E-state index in [1.165, 1.54) is 0 Å². The van der Waals surface area contributed by atoms with Crippen molar-refractivity contribution >= 4 is 11.6 Å². The number of para-hydroxylation sites is 4. The number of ether oxygens (including phenoxy) is 3. The summed E-state index contributed by atoms with van der Waals surface area (Å²) >= 11 is 0. The number of carbonyl (C=O) groups excluding carboxylic acids is 1. The van der Waals surface area contributed by atoms with E-state index < -0.39 is 6.04 Å². The summed E-state index contributed by atoms with van der Waals surface area (Å²) in [5, 5.41) is 3.05. The number of likely N-dealkylation sites (N-methyl/N-ethyl adjacent to an activating group) is 1. The zero-order chi connectivity index (χ0) is 22.3. The highest BCUT2D eigenvalue weighted by Gasteiger charge is 2.30. The molecule has 166 valence electrons.